The third-order valence-corrected chi connectivity index (χ3v) is 9.41. The Hall–Kier alpha value is -2.67. The molecule has 0 radical (unpaired) electrons. The summed E-state index contributed by atoms with van der Waals surface area (Å²) >= 11 is 0. The summed E-state index contributed by atoms with van der Waals surface area (Å²) in [6.07, 6.45) is 47.3. The molecule has 7 heteroatoms. The molecule has 7 nitrogen and oxygen atoms in total. The van der Waals surface area contributed by atoms with Gasteiger partial charge in [0, 0.05) is 12.8 Å². The normalized spacial score (nSPS) is 13.1. The highest BCUT2D eigenvalue weighted by molar-refractivity contribution is 5.83. The molecule has 4 N–H and O–H groups in total. The minimum atomic E-state index is -1.01. The van der Waals surface area contributed by atoms with E-state index in [1.165, 1.54) is 64.2 Å². The summed E-state index contributed by atoms with van der Waals surface area (Å²) in [6.45, 7) is 4.81. The topological polar surface area (TPSA) is 119 Å². The molecule has 0 rings (SSSR count). The number of rotatable bonds is 38. The summed E-state index contributed by atoms with van der Waals surface area (Å²) in [4.78, 5) is 36.3. The van der Waals surface area contributed by atoms with Gasteiger partial charge in [-0.1, -0.05) is 146 Å². The van der Waals surface area contributed by atoms with Crippen molar-refractivity contribution in [1.29, 1.82) is 0 Å². The second kappa shape index (κ2) is 39.5. The summed E-state index contributed by atoms with van der Waals surface area (Å²) in [7, 11) is 0. The minimum absolute atomic E-state index is 0.00811. The average Bonchev–Trinajstić information content (AvgIpc) is 3.13. The van der Waals surface area contributed by atoms with E-state index in [0.29, 0.717) is 32.2 Å². The van der Waals surface area contributed by atoms with E-state index in [2.05, 4.69) is 67.8 Å². The van der Waals surface area contributed by atoms with E-state index in [0.717, 1.165) is 96.3 Å². The molecular formula is C45H80N2O5. The fourth-order valence-corrected chi connectivity index (χ4v) is 6.21. The van der Waals surface area contributed by atoms with E-state index >= 15 is 0 Å². The molecule has 1 amide bonds. The first-order chi connectivity index (χ1) is 25.4. The Bertz CT molecular complexity index is 957. The highest BCUT2D eigenvalue weighted by Crippen LogP contribution is 2.19. The fourth-order valence-electron chi connectivity index (χ4n) is 6.21. The van der Waals surface area contributed by atoms with Crippen molar-refractivity contribution in [3.63, 3.8) is 0 Å². The number of carboxylic acids is 1. The molecule has 0 fully saturated rings. The summed E-state index contributed by atoms with van der Waals surface area (Å²) in [5.74, 6) is -1.25. The molecule has 300 valence electrons. The molecule has 0 aromatic heterocycles. The lowest BCUT2D eigenvalue weighted by Gasteiger charge is -2.18. The predicted octanol–water partition coefficient (Wildman–Crippen LogP) is 12.0. The van der Waals surface area contributed by atoms with Crippen LogP contribution in [-0.2, 0) is 19.1 Å². The van der Waals surface area contributed by atoms with Gasteiger partial charge in [0.1, 0.15) is 12.1 Å². The number of carbonyl (C=O) groups excluding carboxylic acids is 2. The largest absolute Gasteiger partial charge is 0.480 e. The maximum atomic E-state index is 12.7. The van der Waals surface area contributed by atoms with Gasteiger partial charge in [-0.25, -0.2) is 4.79 Å². The molecular weight excluding hydrogens is 649 g/mol. The first-order valence-corrected chi connectivity index (χ1v) is 21.5. The monoisotopic (exact) mass is 729 g/mol. The molecule has 0 aliphatic carbocycles. The van der Waals surface area contributed by atoms with Crippen LogP contribution in [0.15, 0.2) is 48.6 Å². The zero-order valence-corrected chi connectivity index (χ0v) is 33.6. The zero-order valence-electron chi connectivity index (χ0n) is 33.6. The van der Waals surface area contributed by atoms with Crippen LogP contribution in [0, 0.1) is 0 Å². The predicted molar refractivity (Wildman–Crippen MR) is 220 cm³/mol. The van der Waals surface area contributed by atoms with Crippen LogP contribution < -0.4 is 11.1 Å². The molecule has 2 unspecified atom stereocenters. The van der Waals surface area contributed by atoms with Crippen LogP contribution in [0.1, 0.15) is 200 Å². The molecule has 0 aromatic carbocycles. The van der Waals surface area contributed by atoms with Crippen molar-refractivity contribution in [2.45, 2.75) is 212 Å². The van der Waals surface area contributed by atoms with Crippen LogP contribution in [0.2, 0.25) is 0 Å². The number of carbonyl (C=O) groups is 3. The van der Waals surface area contributed by atoms with Crippen LogP contribution >= 0.6 is 0 Å². The number of hydrogen-bond donors (Lipinski definition) is 3. The first kappa shape index (κ1) is 49.3. The number of nitrogens with one attached hydrogen (secondary N) is 1. The van der Waals surface area contributed by atoms with Gasteiger partial charge < -0.3 is 20.9 Å². The van der Waals surface area contributed by atoms with E-state index in [4.69, 9.17) is 10.5 Å². The Morgan fingerprint density at radius 3 is 1.60 bits per heavy atom. The van der Waals surface area contributed by atoms with E-state index in [9.17, 15) is 19.5 Å². The van der Waals surface area contributed by atoms with Gasteiger partial charge in [-0.05, 0) is 96.4 Å². The van der Waals surface area contributed by atoms with Crippen LogP contribution in [0.25, 0.3) is 0 Å². The number of amides is 1. The average molecular weight is 729 g/mol. The second-order valence-electron chi connectivity index (χ2n) is 14.4. The number of aliphatic carboxylic acids is 1. The van der Waals surface area contributed by atoms with E-state index < -0.39 is 12.0 Å². The van der Waals surface area contributed by atoms with Gasteiger partial charge in [0.25, 0.3) is 0 Å². The molecule has 2 atom stereocenters. The Balaban J connectivity index is 4.18. The van der Waals surface area contributed by atoms with Crippen molar-refractivity contribution >= 4 is 17.8 Å². The second-order valence-corrected chi connectivity index (χ2v) is 14.4. The van der Waals surface area contributed by atoms with Crippen molar-refractivity contribution in [1.82, 2.24) is 5.32 Å². The third kappa shape index (κ3) is 35.7. The highest BCUT2D eigenvalue weighted by Gasteiger charge is 2.19. The maximum Gasteiger partial charge on any atom is 0.326 e. The molecule has 0 bridgehead atoms. The first-order valence-electron chi connectivity index (χ1n) is 21.5. The molecule has 0 spiro atoms. The van der Waals surface area contributed by atoms with Crippen molar-refractivity contribution in [2.24, 2.45) is 5.73 Å². The van der Waals surface area contributed by atoms with Crippen LogP contribution in [0.5, 0.6) is 0 Å². The molecule has 0 saturated heterocycles. The van der Waals surface area contributed by atoms with Gasteiger partial charge >= 0.3 is 11.9 Å². The number of carboxylic acid groups (broad SMARTS) is 1. The summed E-state index contributed by atoms with van der Waals surface area (Å²) < 4.78 is 6.01. The van der Waals surface area contributed by atoms with Crippen molar-refractivity contribution in [3.05, 3.63) is 48.6 Å². The van der Waals surface area contributed by atoms with Crippen molar-refractivity contribution in [3.8, 4) is 0 Å². The zero-order chi connectivity index (χ0) is 38.2. The minimum Gasteiger partial charge on any atom is -0.480 e. The highest BCUT2D eigenvalue weighted by atomic mass is 16.5. The smallest absolute Gasteiger partial charge is 0.326 e. The van der Waals surface area contributed by atoms with Crippen LogP contribution in [0.4, 0.5) is 0 Å². The fraction of sp³-hybridized carbons (Fsp3) is 0.756. The van der Waals surface area contributed by atoms with E-state index in [1.807, 2.05) is 0 Å². The lowest BCUT2D eigenvalue weighted by atomic mass is 10.0. The number of ether oxygens (including phenoxy) is 1. The quantitative estimate of drug-likeness (QED) is 0.0331. The number of hydrogen-bond acceptors (Lipinski definition) is 5. The Morgan fingerprint density at radius 1 is 0.577 bits per heavy atom. The van der Waals surface area contributed by atoms with Crippen molar-refractivity contribution < 1.29 is 24.2 Å². The van der Waals surface area contributed by atoms with Crippen LogP contribution in [-0.4, -0.2) is 41.6 Å². The maximum absolute atomic E-state index is 12.7. The van der Waals surface area contributed by atoms with Crippen molar-refractivity contribution in [2.75, 3.05) is 6.54 Å². The van der Waals surface area contributed by atoms with Gasteiger partial charge in [0.2, 0.25) is 5.91 Å². The molecule has 0 heterocycles. The SMILES string of the molecule is CC/C=C\C/C=C\C/C=C\C/C=C\CCCCCCCCC(=O)OC(CCCCCCCCC)CCCCCCCC(=O)NC(CCCN)C(=O)O. The standard InChI is InChI=1S/C45H80N2O5/c1-3-5-7-9-11-12-13-14-15-16-17-18-19-20-21-22-24-29-33-39-44(49)52-41(35-30-26-23-10-8-6-4-2)36-31-27-25-28-32-38-43(48)47-42(45(50)51)37-34-40-46/h5,7,11-12,14-15,17-18,41-42H,3-4,6,8-10,13,16,19-40,46H2,1-2H3,(H,47,48)(H,50,51)/b7-5-,12-11-,15-14-,18-17-. The molecule has 0 aliphatic rings. The number of allylic oxidation sites excluding steroid dienone is 8. The molecule has 0 aromatic rings. The molecule has 0 aliphatic heterocycles. The van der Waals surface area contributed by atoms with E-state index in [-0.39, 0.29) is 18.0 Å². The molecule has 0 saturated carbocycles. The summed E-state index contributed by atoms with van der Waals surface area (Å²) in [5, 5.41) is 11.9. The third-order valence-electron chi connectivity index (χ3n) is 9.41. The lowest BCUT2D eigenvalue weighted by Crippen LogP contribution is -2.40. The van der Waals surface area contributed by atoms with Crippen LogP contribution in [0.3, 0.4) is 0 Å². The Labute approximate surface area is 319 Å². The van der Waals surface area contributed by atoms with Gasteiger partial charge in [0.15, 0.2) is 0 Å². The van der Waals surface area contributed by atoms with Gasteiger partial charge in [-0.15, -0.1) is 0 Å². The van der Waals surface area contributed by atoms with Gasteiger partial charge in [0.05, 0.1) is 0 Å². The lowest BCUT2D eigenvalue weighted by molar-refractivity contribution is -0.150. The summed E-state index contributed by atoms with van der Waals surface area (Å²) in [5.41, 5.74) is 5.48. The Kier molecular flexibility index (Phi) is 37.5. The van der Waals surface area contributed by atoms with Gasteiger partial charge in [-0.2, -0.15) is 0 Å². The van der Waals surface area contributed by atoms with E-state index in [1.54, 1.807) is 0 Å². The van der Waals surface area contributed by atoms with Gasteiger partial charge in [-0.3, -0.25) is 9.59 Å². The number of esters is 1. The molecule has 52 heavy (non-hydrogen) atoms. The number of nitrogens with two attached hydrogens (primary N) is 1. The Morgan fingerprint density at radius 2 is 1.06 bits per heavy atom. The summed E-state index contributed by atoms with van der Waals surface area (Å²) in [6, 6.07) is -0.857. The number of unbranched alkanes of at least 4 members (excludes halogenated alkanes) is 16.